The standard InChI is InChI=1S/C15H17N/c1-13-7-5-6-10-15(13)16-12-11-14-8-3-2-4-9-14/h2-10,16H,11-12H2,1H3. The summed E-state index contributed by atoms with van der Waals surface area (Å²) in [7, 11) is 0. The Labute approximate surface area is 97.1 Å². The van der Waals surface area contributed by atoms with E-state index in [1.54, 1.807) is 0 Å². The zero-order valence-corrected chi connectivity index (χ0v) is 9.61. The molecule has 2 aromatic rings. The fraction of sp³-hybridized carbons (Fsp3) is 0.200. The smallest absolute Gasteiger partial charge is 0.0369 e. The van der Waals surface area contributed by atoms with Crippen LogP contribution in [0.2, 0.25) is 0 Å². The number of nitrogens with one attached hydrogen (secondary N) is 1. The van der Waals surface area contributed by atoms with Crippen molar-refractivity contribution < 1.29 is 0 Å². The summed E-state index contributed by atoms with van der Waals surface area (Å²) in [5.74, 6) is 0. The van der Waals surface area contributed by atoms with Gasteiger partial charge in [-0.2, -0.15) is 0 Å². The van der Waals surface area contributed by atoms with E-state index in [2.05, 4.69) is 66.8 Å². The first-order chi connectivity index (χ1) is 7.86. The molecule has 0 aliphatic rings. The van der Waals surface area contributed by atoms with Crippen LogP contribution in [0.3, 0.4) is 0 Å². The van der Waals surface area contributed by atoms with Gasteiger partial charge in [-0.15, -0.1) is 0 Å². The average molecular weight is 211 g/mol. The quantitative estimate of drug-likeness (QED) is 0.814. The van der Waals surface area contributed by atoms with E-state index in [1.807, 2.05) is 0 Å². The van der Waals surface area contributed by atoms with Gasteiger partial charge in [-0.05, 0) is 30.5 Å². The number of aryl methyl sites for hydroxylation is 1. The molecule has 0 spiro atoms. The Balaban J connectivity index is 1.87. The first-order valence-electron chi connectivity index (χ1n) is 5.70. The van der Waals surface area contributed by atoms with Crippen molar-refractivity contribution in [1.29, 1.82) is 0 Å². The maximum atomic E-state index is 3.46. The molecule has 0 atom stereocenters. The molecule has 82 valence electrons. The van der Waals surface area contributed by atoms with Crippen LogP contribution in [-0.4, -0.2) is 6.54 Å². The Morgan fingerprint density at radius 1 is 0.875 bits per heavy atom. The van der Waals surface area contributed by atoms with Gasteiger partial charge in [0.25, 0.3) is 0 Å². The second-order valence-corrected chi connectivity index (χ2v) is 3.98. The fourth-order valence-corrected chi connectivity index (χ4v) is 1.76. The Morgan fingerprint density at radius 2 is 1.56 bits per heavy atom. The minimum absolute atomic E-state index is 0.981. The molecular formula is C15H17N. The average Bonchev–Trinajstić information content (AvgIpc) is 2.33. The van der Waals surface area contributed by atoms with E-state index in [1.165, 1.54) is 16.8 Å². The maximum Gasteiger partial charge on any atom is 0.0369 e. The lowest BCUT2D eigenvalue weighted by Crippen LogP contribution is -2.05. The van der Waals surface area contributed by atoms with Gasteiger partial charge in [0.15, 0.2) is 0 Å². The molecule has 0 unspecified atom stereocenters. The lowest BCUT2D eigenvalue weighted by atomic mass is 10.1. The van der Waals surface area contributed by atoms with Gasteiger partial charge >= 0.3 is 0 Å². The van der Waals surface area contributed by atoms with Crippen LogP contribution in [0, 0.1) is 6.92 Å². The molecule has 0 heterocycles. The summed E-state index contributed by atoms with van der Waals surface area (Å²) in [5, 5.41) is 3.46. The molecule has 0 saturated heterocycles. The Bertz CT molecular complexity index is 434. The van der Waals surface area contributed by atoms with Crippen molar-refractivity contribution in [1.82, 2.24) is 0 Å². The number of benzene rings is 2. The van der Waals surface area contributed by atoms with E-state index < -0.39 is 0 Å². The van der Waals surface area contributed by atoms with E-state index in [4.69, 9.17) is 0 Å². The van der Waals surface area contributed by atoms with Gasteiger partial charge in [0.1, 0.15) is 0 Å². The summed E-state index contributed by atoms with van der Waals surface area (Å²) in [6.07, 6.45) is 1.06. The Hall–Kier alpha value is -1.76. The number of para-hydroxylation sites is 1. The second-order valence-electron chi connectivity index (χ2n) is 3.98. The van der Waals surface area contributed by atoms with Crippen LogP contribution in [0.5, 0.6) is 0 Å². The zero-order chi connectivity index (χ0) is 11.2. The Morgan fingerprint density at radius 3 is 2.31 bits per heavy atom. The van der Waals surface area contributed by atoms with Crippen molar-refractivity contribution in [2.24, 2.45) is 0 Å². The summed E-state index contributed by atoms with van der Waals surface area (Å²) in [6, 6.07) is 18.9. The second kappa shape index (κ2) is 5.36. The molecule has 0 amide bonds. The van der Waals surface area contributed by atoms with Crippen LogP contribution in [0.15, 0.2) is 54.6 Å². The van der Waals surface area contributed by atoms with Crippen molar-refractivity contribution in [3.8, 4) is 0 Å². The highest BCUT2D eigenvalue weighted by atomic mass is 14.9. The minimum atomic E-state index is 0.981. The molecule has 0 aliphatic carbocycles. The third kappa shape index (κ3) is 2.86. The van der Waals surface area contributed by atoms with Crippen molar-refractivity contribution in [3.63, 3.8) is 0 Å². The highest BCUT2D eigenvalue weighted by Crippen LogP contribution is 2.12. The van der Waals surface area contributed by atoms with E-state index >= 15 is 0 Å². The molecule has 1 N–H and O–H groups in total. The van der Waals surface area contributed by atoms with Crippen molar-refractivity contribution in [3.05, 3.63) is 65.7 Å². The third-order valence-corrected chi connectivity index (χ3v) is 2.72. The molecule has 0 bridgehead atoms. The lowest BCUT2D eigenvalue weighted by Gasteiger charge is -2.08. The van der Waals surface area contributed by atoms with Gasteiger partial charge in [0, 0.05) is 12.2 Å². The zero-order valence-electron chi connectivity index (χ0n) is 9.61. The Kier molecular flexibility index (Phi) is 3.60. The number of rotatable bonds is 4. The molecule has 0 aromatic heterocycles. The minimum Gasteiger partial charge on any atom is -0.384 e. The van der Waals surface area contributed by atoms with Gasteiger partial charge in [-0.25, -0.2) is 0 Å². The van der Waals surface area contributed by atoms with Crippen LogP contribution in [-0.2, 0) is 6.42 Å². The topological polar surface area (TPSA) is 12.0 Å². The summed E-state index contributed by atoms with van der Waals surface area (Å²) >= 11 is 0. The maximum absolute atomic E-state index is 3.46. The van der Waals surface area contributed by atoms with E-state index in [9.17, 15) is 0 Å². The van der Waals surface area contributed by atoms with Crippen LogP contribution in [0.1, 0.15) is 11.1 Å². The van der Waals surface area contributed by atoms with Crippen molar-refractivity contribution in [2.75, 3.05) is 11.9 Å². The molecule has 1 nitrogen and oxygen atoms in total. The number of hydrogen-bond acceptors (Lipinski definition) is 1. The monoisotopic (exact) mass is 211 g/mol. The lowest BCUT2D eigenvalue weighted by molar-refractivity contribution is 1.02. The van der Waals surface area contributed by atoms with E-state index in [-0.39, 0.29) is 0 Å². The molecule has 16 heavy (non-hydrogen) atoms. The fourth-order valence-electron chi connectivity index (χ4n) is 1.76. The number of hydrogen-bond donors (Lipinski definition) is 1. The largest absolute Gasteiger partial charge is 0.384 e. The SMILES string of the molecule is Cc1ccccc1NCCc1ccccc1. The summed E-state index contributed by atoms with van der Waals surface area (Å²) in [4.78, 5) is 0. The van der Waals surface area contributed by atoms with Crippen molar-refractivity contribution in [2.45, 2.75) is 13.3 Å². The van der Waals surface area contributed by atoms with Crippen LogP contribution < -0.4 is 5.32 Å². The van der Waals surface area contributed by atoms with Crippen LogP contribution >= 0.6 is 0 Å². The summed E-state index contributed by atoms with van der Waals surface area (Å²) in [6.45, 7) is 3.11. The molecule has 2 aromatic carbocycles. The van der Waals surface area contributed by atoms with Gasteiger partial charge in [-0.1, -0.05) is 48.5 Å². The number of anilines is 1. The first kappa shape index (κ1) is 10.7. The molecule has 0 radical (unpaired) electrons. The summed E-state index contributed by atoms with van der Waals surface area (Å²) in [5.41, 5.74) is 3.91. The predicted octanol–water partition coefficient (Wildman–Crippen LogP) is 3.65. The van der Waals surface area contributed by atoms with Gasteiger partial charge in [0.05, 0.1) is 0 Å². The molecule has 2 rings (SSSR count). The normalized spacial score (nSPS) is 10.1. The highest BCUT2D eigenvalue weighted by molar-refractivity contribution is 5.50. The van der Waals surface area contributed by atoms with Gasteiger partial charge in [0.2, 0.25) is 0 Å². The highest BCUT2D eigenvalue weighted by Gasteiger charge is 1.95. The summed E-state index contributed by atoms with van der Waals surface area (Å²) < 4.78 is 0. The molecule has 1 heteroatoms. The molecular weight excluding hydrogens is 194 g/mol. The molecule has 0 saturated carbocycles. The van der Waals surface area contributed by atoms with E-state index in [0.717, 1.165) is 13.0 Å². The van der Waals surface area contributed by atoms with Crippen molar-refractivity contribution >= 4 is 5.69 Å². The van der Waals surface area contributed by atoms with Crippen LogP contribution in [0.25, 0.3) is 0 Å². The van der Waals surface area contributed by atoms with Gasteiger partial charge in [-0.3, -0.25) is 0 Å². The predicted molar refractivity (Wildman–Crippen MR) is 69.8 cm³/mol. The third-order valence-electron chi connectivity index (χ3n) is 2.72. The first-order valence-corrected chi connectivity index (χ1v) is 5.70. The van der Waals surface area contributed by atoms with Gasteiger partial charge < -0.3 is 5.32 Å². The van der Waals surface area contributed by atoms with E-state index in [0.29, 0.717) is 0 Å². The van der Waals surface area contributed by atoms with Crippen LogP contribution in [0.4, 0.5) is 5.69 Å². The molecule has 0 fully saturated rings. The molecule has 0 aliphatic heterocycles.